The Balaban J connectivity index is 1.76. The van der Waals surface area contributed by atoms with Crippen LogP contribution in [0.25, 0.3) is 0 Å². The number of benzene rings is 3. The third-order valence-electron chi connectivity index (χ3n) is 4.49. The van der Waals surface area contributed by atoms with Gasteiger partial charge in [-0.15, -0.1) is 0 Å². The van der Waals surface area contributed by atoms with Gasteiger partial charge in [-0.1, -0.05) is 6.07 Å². The van der Waals surface area contributed by atoms with E-state index in [1.54, 1.807) is 18.2 Å². The molecule has 3 aromatic carbocycles. The van der Waals surface area contributed by atoms with Gasteiger partial charge in [-0.25, -0.2) is 0 Å². The van der Waals surface area contributed by atoms with Gasteiger partial charge in [0.05, 0.1) is 17.6 Å². The first-order valence-electron chi connectivity index (χ1n) is 9.18. The number of hydrogen-bond donors (Lipinski definition) is 1. The quantitative estimate of drug-likeness (QED) is 0.372. The molecule has 0 aromatic heterocycles. The molecule has 166 valence electrons. The number of carbonyl (C=O) groups is 1. The summed E-state index contributed by atoms with van der Waals surface area (Å²) < 4.78 is 49.1. The molecule has 0 radical (unpaired) electrons. The van der Waals surface area contributed by atoms with Crippen molar-refractivity contribution in [3.05, 3.63) is 87.5 Å². The summed E-state index contributed by atoms with van der Waals surface area (Å²) in [5.74, 6) is -0.0407. The van der Waals surface area contributed by atoms with Crippen LogP contribution in [0.5, 0.6) is 17.2 Å². The lowest BCUT2D eigenvalue weighted by Gasteiger charge is -2.11. The smallest absolute Gasteiger partial charge is 0.416 e. The van der Waals surface area contributed by atoms with Crippen molar-refractivity contribution in [1.82, 2.24) is 0 Å². The van der Waals surface area contributed by atoms with Gasteiger partial charge in [0.25, 0.3) is 5.91 Å². The van der Waals surface area contributed by atoms with E-state index in [4.69, 9.17) is 9.47 Å². The highest BCUT2D eigenvalue weighted by Gasteiger charge is 2.33. The minimum absolute atomic E-state index is 0.112. The van der Waals surface area contributed by atoms with Crippen LogP contribution in [0.3, 0.4) is 0 Å². The summed E-state index contributed by atoms with van der Waals surface area (Å²) in [6.45, 7) is 1.87. The summed E-state index contributed by atoms with van der Waals surface area (Å²) in [6.07, 6.45) is -4.72. The van der Waals surface area contributed by atoms with Crippen LogP contribution in [0.1, 0.15) is 21.5 Å². The maximum Gasteiger partial charge on any atom is 0.416 e. The minimum atomic E-state index is -4.72. The van der Waals surface area contributed by atoms with Crippen LogP contribution in [-0.2, 0) is 6.18 Å². The second-order valence-corrected chi connectivity index (χ2v) is 6.70. The van der Waals surface area contributed by atoms with E-state index in [-0.39, 0.29) is 17.1 Å². The molecule has 0 unspecified atom stereocenters. The van der Waals surface area contributed by atoms with E-state index in [1.165, 1.54) is 31.4 Å². The molecule has 0 bridgehead atoms. The minimum Gasteiger partial charge on any atom is -0.496 e. The number of nitro groups is 1. The molecule has 0 aliphatic heterocycles. The van der Waals surface area contributed by atoms with Crippen molar-refractivity contribution < 1.29 is 32.4 Å². The molecule has 0 spiro atoms. The van der Waals surface area contributed by atoms with E-state index < -0.39 is 28.3 Å². The molecule has 1 N–H and O–H groups in total. The van der Waals surface area contributed by atoms with E-state index in [0.717, 1.165) is 11.6 Å². The molecule has 10 heteroatoms. The number of nitrogens with one attached hydrogen (secondary N) is 1. The predicted octanol–water partition coefficient (Wildman–Crippen LogP) is 5.98. The first kappa shape index (κ1) is 22.6. The number of carbonyl (C=O) groups excluding carboxylic acids is 1. The molecule has 0 fully saturated rings. The molecule has 32 heavy (non-hydrogen) atoms. The van der Waals surface area contributed by atoms with Crippen LogP contribution in [0.4, 0.5) is 24.5 Å². The highest BCUT2D eigenvalue weighted by Crippen LogP contribution is 2.37. The highest BCUT2D eigenvalue weighted by atomic mass is 19.4. The van der Waals surface area contributed by atoms with Gasteiger partial charge in [0.2, 0.25) is 5.75 Å². The van der Waals surface area contributed by atoms with Gasteiger partial charge in [-0.3, -0.25) is 14.9 Å². The number of aryl methyl sites for hydroxylation is 1. The normalized spacial score (nSPS) is 11.0. The first-order chi connectivity index (χ1) is 15.1. The molecule has 3 rings (SSSR count). The van der Waals surface area contributed by atoms with Gasteiger partial charge >= 0.3 is 11.9 Å². The van der Waals surface area contributed by atoms with E-state index in [2.05, 4.69) is 5.32 Å². The van der Waals surface area contributed by atoms with E-state index in [0.29, 0.717) is 23.6 Å². The highest BCUT2D eigenvalue weighted by molar-refractivity contribution is 6.04. The fourth-order valence-electron chi connectivity index (χ4n) is 2.83. The largest absolute Gasteiger partial charge is 0.496 e. The summed E-state index contributed by atoms with van der Waals surface area (Å²) in [5, 5.41) is 13.9. The lowest BCUT2D eigenvalue weighted by atomic mass is 10.1. The van der Waals surface area contributed by atoms with Gasteiger partial charge in [-0.05, 0) is 55.0 Å². The van der Waals surface area contributed by atoms with E-state index in [1.807, 2.05) is 6.92 Å². The van der Waals surface area contributed by atoms with Crippen LogP contribution in [0, 0.1) is 17.0 Å². The number of ether oxygens (including phenoxy) is 2. The Kier molecular flexibility index (Phi) is 6.33. The third-order valence-corrected chi connectivity index (χ3v) is 4.49. The van der Waals surface area contributed by atoms with Crippen molar-refractivity contribution in [3.8, 4) is 17.2 Å². The average molecular weight is 446 g/mol. The number of anilines is 1. The average Bonchev–Trinajstić information content (AvgIpc) is 2.74. The zero-order chi connectivity index (χ0) is 23.5. The molecule has 7 nitrogen and oxygen atoms in total. The van der Waals surface area contributed by atoms with Crippen molar-refractivity contribution in [2.45, 2.75) is 13.1 Å². The maximum atomic E-state index is 12.8. The van der Waals surface area contributed by atoms with Gasteiger partial charge in [0, 0.05) is 23.4 Å². The summed E-state index contributed by atoms with van der Waals surface area (Å²) in [6, 6.07) is 12.8. The molecule has 0 aliphatic carbocycles. The van der Waals surface area contributed by atoms with Gasteiger partial charge in [0.1, 0.15) is 11.5 Å². The number of hydrogen-bond acceptors (Lipinski definition) is 5. The molecule has 3 aromatic rings. The van der Waals surface area contributed by atoms with Gasteiger partial charge in [0.15, 0.2) is 0 Å². The van der Waals surface area contributed by atoms with E-state index in [9.17, 15) is 28.1 Å². The summed E-state index contributed by atoms with van der Waals surface area (Å²) in [4.78, 5) is 22.7. The van der Waals surface area contributed by atoms with Crippen molar-refractivity contribution in [2.75, 3.05) is 12.4 Å². The number of nitrogens with zero attached hydrogens (tertiary/aromatic N) is 1. The number of methoxy groups -OCH3 is 1. The molecule has 0 aliphatic rings. The van der Waals surface area contributed by atoms with Crippen LogP contribution < -0.4 is 14.8 Å². The van der Waals surface area contributed by atoms with Crippen molar-refractivity contribution in [2.24, 2.45) is 0 Å². The maximum absolute atomic E-state index is 12.8. The zero-order valence-electron chi connectivity index (χ0n) is 16.9. The van der Waals surface area contributed by atoms with Crippen molar-refractivity contribution in [1.29, 1.82) is 0 Å². The monoisotopic (exact) mass is 446 g/mol. The Morgan fingerprint density at radius 1 is 1.00 bits per heavy atom. The second kappa shape index (κ2) is 8.96. The Hall–Kier alpha value is -4.08. The number of halogens is 3. The van der Waals surface area contributed by atoms with Crippen molar-refractivity contribution >= 4 is 17.3 Å². The Labute approximate surface area is 180 Å². The SMILES string of the molecule is COc1cc(NC(=O)c2ccc(Oc3ccc(C(F)(F)F)cc3[N+](=O)[O-])cc2)ccc1C. The Bertz CT molecular complexity index is 1160. The zero-order valence-corrected chi connectivity index (χ0v) is 16.9. The predicted molar refractivity (Wildman–Crippen MR) is 110 cm³/mol. The molecule has 0 atom stereocenters. The van der Waals surface area contributed by atoms with Gasteiger partial charge in [-0.2, -0.15) is 13.2 Å². The van der Waals surface area contributed by atoms with Crippen LogP contribution in [0.2, 0.25) is 0 Å². The van der Waals surface area contributed by atoms with Crippen LogP contribution in [0.15, 0.2) is 60.7 Å². The standard InChI is InChI=1S/C22H17F3N2O5/c1-13-3-7-16(12-20(13)31-2)26-21(28)14-4-8-17(9-5-14)32-19-10-6-15(22(23,24)25)11-18(19)27(29)30/h3-12H,1-2H3,(H,26,28). The number of alkyl halides is 3. The van der Waals surface area contributed by atoms with E-state index >= 15 is 0 Å². The lowest BCUT2D eigenvalue weighted by molar-refractivity contribution is -0.385. The molecule has 0 heterocycles. The Morgan fingerprint density at radius 2 is 1.69 bits per heavy atom. The molecule has 0 saturated carbocycles. The molecular weight excluding hydrogens is 429 g/mol. The Morgan fingerprint density at radius 3 is 2.28 bits per heavy atom. The van der Waals surface area contributed by atoms with Crippen molar-refractivity contribution in [3.63, 3.8) is 0 Å². The third kappa shape index (κ3) is 5.15. The van der Waals surface area contributed by atoms with Crippen LogP contribution in [-0.4, -0.2) is 17.9 Å². The number of nitro benzene ring substituents is 1. The molecule has 0 saturated heterocycles. The molecule has 1 amide bonds. The molecular formula is C22H17F3N2O5. The first-order valence-corrected chi connectivity index (χ1v) is 9.18. The lowest BCUT2D eigenvalue weighted by Crippen LogP contribution is -2.11. The van der Waals surface area contributed by atoms with Gasteiger partial charge < -0.3 is 14.8 Å². The number of rotatable bonds is 6. The summed E-state index contributed by atoms with van der Waals surface area (Å²) in [7, 11) is 1.52. The van der Waals surface area contributed by atoms with Crippen LogP contribution >= 0.6 is 0 Å². The fourth-order valence-corrected chi connectivity index (χ4v) is 2.83. The fraction of sp³-hybridized carbons (Fsp3) is 0.136. The topological polar surface area (TPSA) is 90.7 Å². The second-order valence-electron chi connectivity index (χ2n) is 6.70. The number of amides is 1. The summed E-state index contributed by atoms with van der Waals surface area (Å²) >= 11 is 0. The summed E-state index contributed by atoms with van der Waals surface area (Å²) in [5.41, 5.74) is -0.271.